The molecule has 1 fully saturated rings. The molecule has 2 nitrogen and oxygen atoms in total. The van der Waals surface area contributed by atoms with Gasteiger partial charge in [-0.1, -0.05) is 13.3 Å². The second-order valence-electron chi connectivity index (χ2n) is 3.85. The van der Waals surface area contributed by atoms with Gasteiger partial charge in [0.1, 0.15) is 0 Å². The van der Waals surface area contributed by atoms with E-state index in [-0.39, 0.29) is 0 Å². The van der Waals surface area contributed by atoms with Gasteiger partial charge in [-0.3, -0.25) is 9.80 Å². The Hall–Kier alpha value is -0.0800. The molecule has 0 aromatic heterocycles. The van der Waals surface area contributed by atoms with E-state index in [4.69, 9.17) is 0 Å². The zero-order chi connectivity index (χ0) is 8.43. The summed E-state index contributed by atoms with van der Waals surface area (Å²) in [6.07, 6.45) is 1.30. The summed E-state index contributed by atoms with van der Waals surface area (Å²) >= 11 is 0. The molecule has 0 aromatic rings. The molecule has 1 aliphatic heterocycles. The molecule has 0 radical (unpaired) electrons. The fraction of sp³-hybridized carbons (Fsp3) is 1.00. The molecule has 0 aromatic carbocycles. The minimum atomic E-state index is 0.760. The van der Waals surface area contributed by atoms with Gasteiger partial charge in [-0.25, -0.2) is 0 Å². The molecule has 66 valence electrons. The molecule has 1 saturated heterocycles. The van der Waals surface area contributed by atoms with Crippen LogP contribution in [0.3, 0.4) is 0 Å². The van der Waals surface area contributed by atoms with Gasteiger partial charge >= 0.3 is 0 Å². The molecule has 11 heavy (non-hydrogen) atoms. The second-order valence-corrected chi connectivity index (χ2v) is 3.85. The first-order valence-electron chi connectivity index (χ1n) is 4.54. The van der Waals surface area contributed by atoms with E-state index >= 15 is 0 Å². The molecule has 2 unspecified atom stereocenters. The summed E-state index contributed by atoms with van der Waals surface area (Å²) in [5.74, 6) is 0.860. The zero-order valence-electron chi connectivity index (χ0n) is 8.17. The summed E-state index contributed by atoms with van der Waals surface area (Å²) in [5.41, 5.74) is 0. The van der Waals surface area contributed by atoms with Crippen LogP contribution in [0.15, 0.2) is 0 Å². The van der Waals surface area contributed by atoms with Crippen LogP contribution in [-0.4, -0.2) is 43.2 Å². The fourth-order valence-electron chi connectivity index (χ4n) is 1.95. The van der Waals surface area contributed by atoms with Gasteiger partial charge < -0.3 is 0 Å². The molecule has 0 amide bonds. The van der Waals surface area contributed by atoms with E-state index in [0.29, 0.717) is 0 Å². The van der Waals surface area contributed by atoms with E-state index in [1.807, 2.05) is 0 Å². The summed E-state index contributed by atoms with van der Waals surface area (Å²) in [6, 6.07) is 0.760. The largest absolute Gasteiger partial charge is 0.293 e. The van der Waals surface area contributed by atoms with Crippen LogP contribution in [-0.2, 0) is 0 Å². The van der Waals surface area contributed by atoms with Crippen LogP contribution < -0.4 is 0 Å². The van der Waals surface area contributed by atoms with E-state index in [1.54, 1.807) is 0 Å². The van der Waals surface area contributed by atoms with Crippen LogP contribution in [0.4, 0.5) is 0 Å². The van der Waals surface area contributed by atoms with Crippen LogP contribution in [0.2, 0.25) is 0 Å². The summed E-state index contributed by atoms with van der Waals surface area (Å²) in [5, 5.41) is 0. The molecule has 2 atom stereocenters. The first kappa shape index (κ1) is 9.01. The molecule has 1 heterocycles. The van der Waals surface area contributed by atoms with Crippen molar-refractivity contribution in [1.29, 1.82) is 0 Å². The van der Waals surface area contributed by atoms with E-state index in [1.165, 1.54) is 13.0 Å². The van der Waals surface area contributed by atoms with Crippen LogP contribution in [0.1, 0.15) is 20.3 Å². The normalized spacial score (nSPS) is 36.0. The van der Waals surface area contributed by atoms with Crippen molar-refractivity contribution in [3.8, 4) is 0 Å². The fourth-order valence-corrected chi connectivity index (χ4v) is 1.95. The third-order valence-corrected chi connectivity index (χ3v) is 2.91. The lowest BCUT2D eigenvalue weighted by Gasteiger charge is -2.41. The van der Waals surface area contributed by atoms with Gasteiger partial charge in [-0.2, -0.15) is 0 Å². The molecule has 0 aliphatic carbocycles. The number of hydrogen-bond acceptors (Lipinski definition) is 2. The monoisotopic (exact) mass is 156 g/mol. The average Bonchev–Trinajstić information content (AvgIpc) is 1.96. The molecule has 0 N–H and O–H groups in total. The average molecular weight is 156 g/mol. The van der Waals surface area contributed by atoms with Crippen molar-refractivity contribution in [2.24, 2.45) is 5.92 Å². The number of nitrogens with zero attached hydrogens (tertiary/aromatic N) is 2. The van der Waals surface area contributed by atoms with Gasteiger partial charge in [-0.05, 0) is 26.9 Å². The molecule has 0 bridgehead atoms. The smallest absolute Gasteiger partial charge is 0.0503 e. The van der Waals surface area contributed by atoms with E-state index in [9.17, 15) is 0 Å². The van der Waals surface area contributed by atoms with E-state index < -0.39 is 0 Å². The highest BCUT2D eigenvalue weighted by Gasteiger charge is 2.26. The Bertz CT molecular complexity index is 125. The molecule has 1 rings (SSSR count). The Labute approximate surface area is 70.2 Å². The van der Waals surface area contributed by atoms with Crippen molar-refractivity contribution in [2.45, 2.75) is 26.3 Å². The van der Waals surface area contributed by atoms with Gasteiger partial charge in [0.15, 0.2) is 0 Å². The topological polar surface area (TPSA) is 6.48 Å². The predicted molar refractivity (Wildman–Crippen MR) is 48.5 cm³/mol. The van der Waals surface area contributed by atoms with E-state index in [0.717, 1.165) is 18.6 Å². The second kappa shape index (κ2) is 3.55. The van der Waals surface area contributed by atoms with Crippen LogP contribution in [0.5, 0.6) is 0 Å². The summed E-state index contributed by atoms with van der Waals surface area (Å²) in [4.78, 5) is 4.83. The van der Waals surface area contributed by atoms with Crippen LogP contribution in [0, 0.1) is 5.92 Å². The maximum atomic E-state index is 2.43. The summed E-state index contributed by atoms with van der Waals surface area (Å²) < 4.78 is 0. The first-order chi connectivity index (χ1) is 5.15. The maximum Gasteiger partial charge on any atom is 0.0503 e. The van der Waals surface area contributed by atoms with Crippen molar-refractivity contribution >= 4 is 0 Å². The van der Waals surface area contributed by atoms with Crippen molar-refractivity contribution in [3.63, 3.8) is 0 Å². The highest BCUT2D eigenvalue weighted by molar-refractivity contribution is 4.79. The molecular formula is C9H20N2. The van der Waals surface area contributed by atoms with Crippen molar-refractivity contribution in [2.75, 3.05) is 27.3 Å². The molecule has 0 saturated carbocycles. The summed E-state index contributed by atoms with van der Waals surface area (Å²) in [6.45, 7) is 7.01. The predicted octanol–water partition coefficient (Wildman–Crippen LogP) is 1.24. The Kier molecular flexibility index (Phi) is 2.90. The van der Waals surface area contributed by atoms with Gasteiger partial charge in [0.25, 0.3) is 0 Å². The Morgan fingerprint density at radius 1 is 1.36 bits per heavy atom. The maximum absolute atomic E-state index is 2.43. The van der Waals surface area contributed by atoms with E-state index in [2.05, 4.69) is 37.7 Å². The zero-order valence-corrected chi connectivity index (χ0v) is 8.17. The van der Waals surface area contributed by atoms with Gasteiger partial charge in [0.2, 0.25) is 0 Å². The van der Waals surface area contributed by atoms with Crippen molar-refractivity contribution in [1.82, 2.24) is 9.80 Å². The molecule has 1 aliphatic rings. The quantitative estimate of drug-likeness (QED) is 0.563. The van der Waals surface area contributed by atoms with Crippen molar-refractivity contribution < 1.29 is 0 Å². The first-order valence-corrected chi connectivity index (χ1v) is 4.54. The number of rotatable bonds is 1. The SMILES string of the molecule is CCC1CN(C)CN(C)C1C. The lowest BCUT2D eigenvalue weighted by Crippen LogP contribution is -2.51. The lowest BCUT2D eigenvalue weighted by atomic mass is 9.95. The highest BCUT2D eigenvalue weighted by Crippen LogP contribution is 2.19. The van der Waals surface area contributed by atoms with Gasteiger partial charge in [0, 0.05) is 12.6 Å². The highest BCUT2D eigenvalue weighted by atomic mass is 15.3. The number of hydrogen-bond donors (Lipinski definition) is 0. The standard InChI is InChI=1S/C9H20N2/c1-5-9-6-10(3)7-11(4)8(9)2/h8-9H,5-7H2,1-4H3. The van der Waals surface area contributed by atoms with Crippen LogP contribution in [0.25, 0.3) is 0 Å². The van der Waals surface area contributed by atoms with Gasteiger partial charge in [-0.15, -0.1) is 0 Å². The lowest BCUT2D eigenvalue weighted by molar-refractivity contribution is 0.0375. The van der Waals surface area contributed by atoms with Crippen LogP contribution >= 0.6 is 0 Å². The van der Waals surface area contributed by atoms with Crippen molar-refractivity contribution in [3.05, 3.63) is 0 Å². The molecule has 2 heteroatoms. The summed E-state index contributed by atoms with van der Waals surface area (Å²) in [7, 11) is 4.41. The molecule has 0 spiro atoms. The third-order valence-electron chi connectivity index (χ3n) is 2.91. The Morgan fingerprint density at radius 2 is 2.00 bits per heavy atom. The Morgan fingerprint density at radius 3 is 2.55 bits per heavy atom. The minimum Gasteiger partial charge on any atom is -0.293 e. The molecular weight excluding hydrogens is 136 g/mol. The van der Waals surface area contributed by atoms with Gasteiger partial charge in [0.05, 0.1) is 6.67 Å². The minimum absolute atomic E-state index is 0.760. The third kappa shape index (κ3) is 1.94. The Balaban J connectivity index is 2.51.